The van der Waals surface area contributed by atoms with Crippen LogP contribution >= 0.6 is 11.6 Å². The summed E-state index contributed by atoms with van der Waals surface area (Å²) in [7, 11) is 0. The van der Waals surface area contributed by atoms with Crippen molar-refractivity contribution in [3.63, 3.8) is 0 Å². The topological polar surface area (TPSA) is 87.2 Å². The predicted molar refractivity (Wildman–Crippen MR) is 114 cm³/mol. The van der Waals surface area contributed by atoms with Crippen LogP contribution in [0.2, 0.25) is 5.02 Å². The van der Waals surface area contributed by atoms with Crippen molar-refractivity contribution < 1.29 is 9.59 Å². The largest absolute Gasteiger partial charge is 0.365 e. The molecule has 2 N–H and O–H groups in total. The molecule has 0 unspecified atom stereocenters. The first-order chi connectivity index (χ1) is 13.9. The highest BCUT2D eigenvalue weighted by Crippen LogP contribution is 2.22. The van der Waals surface area contributed by atoms with E-state index in [9.17, 15) is 9.59 Å². The number of carbonyl (C=O) groups is 2. The Morgan fingerprint density at radius 3 is 2.90 bits per heavy atom. The van der Waals surface area contributed by atoms with Crippen LogP contribution in [0, 0.1) is 0 Å². The number of amides is 1. The molecule has 1 aliphatic heterocycles. The van der Waals surface area contributed by atoms with Crippen molar-refractivity contribution in [2.24, 2.45) is 0 Å². The molecule has 8 heteroatoms. The van der Waals surface area contributed by atoms with Gasteiger partial charge in [0, 0.05) is 39.0 Å². The van der Waals surface area contributed by atoms with Crippen LogP contribution in [0.15, 0.2) is 43.1 Å². The van der Waals surface area contributed by atoms with Crippen molar-refractivity contribution in [3.8, 4) is 0 Å². The van der Waals surface area contributed by atoms with Gasteiger partial charge in [0.25, 0.3) is 0 Å². The van der Waals surface area contributed by atoms with Crippen LogP contribution in [0.3, 0.4) is 0 Å². The second-order valence-corrected chi connectivity index (χ2v) is 7.41. The van der Waals surface area contributed by atoms with E-state index in [1.165, 1.54) is 6.08 Å². The normalized spacial score (nSPS) is 15.8. The fourth-order valence-corrected chi connectivity index (χ4v) is 3.37. The number of hydrogen-bond donors (Lipinski definition) is 2. The van der Waals surface area contributed by atoms with E-state index in [0.717, 1.165) is 24.1 Å². The molecule has 0 aliphatic carbocycles. The number of hydrogen-bond acceptors (Lipinski definition) is 6. The SMILES string of the molecule is C=CC(=O)Cc1cccc(CNc2nc(N[C@@H]3CCN(C(C)=O)C3)ncc2Cl)c1. The van der Waals surface area contributed by atoms with Crippen molar-refractivity contribution in [1.82, 2.24) is 14.9 Å². The maximum Gasteiger partial charge on any atom is 0.224 e. The fourth-order valence-electron chi connectivity index (χ4n) is 3.22. The summed E-state index contributed by atoms with van der Waals surface area (Å²) in [6, 6.07) is 7.89. The first-order valence-corrected chi connectivity index (χ1v) is 9.84. The Morgan fingerprint density at radius 1 is 1.38 bits per heavy atom. The van der Waals surface area contributed by atoms with E-state index in [1.54, 1.807) is 18.0 Å². The molecule has 0 radical (unpaired) electrons. The maximum atomic E-state index is 11.6. The highest BCUT2D eigenvalue weighted by Gasteiger charge is 2.24. The number of likely N-dealkylation sites (tertiary alicyclic amines) is 1. The van der Waals surface area contributed by atoms with Gasteiger partial charge in [-0.15, -0.1) is 0 Å². The minimum Gasteiger partial charge on any atom is -0.365 e. The third kappa shape index (κ3) is 5.77. The lowest BCUT2D eigenvalue weighted by molar-refractivity contribution is -0.127. The Morgan fingerprint density at radius 2 is 2.17 bits per heavy atom. The van der Waals surface area contributed by atoms with E-state index in [2.05, 4.69) is 27.2 Å². The van der Waals surface area contributed by atoms with Crippen molar-refractivity contribution in [3.05, 3.63) is 59.3 Å². The lowest BCUT2D eigenvalue weighted by atomic mass is 10.1. The zero-order chi connectivity index (χ0) is 20.8. The maximum absolute atomic E-state index is 11.6. The molecule has 2 heterocycles. The molecule has 1 aromatic heterocycles. The van der Waals surface area contributed by atoms with Crippen molar-refractivity contribution >= 4 is 35.1 Å². The van der Waals surface area contributed by atoms with Gasteiger partial charge >= 0.3 is 0 Å². The summed E-state index contributed by atoms with van der Waals surface area (Å²) < 4.78 is 0. The quantitative estimate of drug-likeness (QED) is 0.647. The molecular formula is C21H24ClN5O2. The molecule has 7 nitrogen and oxygen atoms in total. The Hall–Kier alpha value is -2.93. The van der Waals surface area contributed by atoms with Gasteiger partial charge in [0.2, 0.25) is 11.9 Å². The Kier molecular flexibility index (Phi) is 6.82. The summed E-state index contributed by atoms with van der Waals surface area (Å²) in [5, 5.41) is 6.91. The van der Waals surface area contributed by atoms with Crippen LogP contribution in [-0.2, 0) is 22.6 Å². The smallest absolute Gasteiger partial charge is 0.224 e. The third-order valence-corrected chi connectivity index (χ3v) is 5.04. The number of anilines is 2. The van der Waals surface area contributed by atoms with Crippen LogP contribution in [-0.4, -0.2) is 45.7 Å². The average molecular weight is 414 g/mol. The summed E-state index contributed by atoms with van der Waals surface area (Å²) in [5.74, 6) is 1.06. The van der Waals surface area contributed by atoms with E-state index < -0.39 is 0 Å². The van der Waals surface area contributed by atoms with Gasteiger partial charge in [0.15, 0.2) is 11.6 Å². The standard InChI is InChI=1S/C21H24ClN5O2/c1-3-18(29)10-15-5-4-6-16(9-15)11-23-20-19(22)12-24-21(26-20)25-17-7-8-27(13-17)14(2)28/h3-6,9,12,17H,1,7-8,10-11,13H2,2H3,(H2,23,24,25,26)/t17-/m1/s1. The summed E-state index contributed by atoms with van der Waals surface area (Å²) in [6.07, 6.45) is 4.07. The van der Waals surface area contributed by atoms with Crippen molar-refractivity contribution in [1.29, 1.82) is 0 Å². The van der Waals surface area contributed by atoms with E-state index in [1.807, 2.05) is 24.3 Å². The summed E-state index contributed by atoms with van der Waals surface area (Å²) in [5.41, 5.74) is 1.94. The molecule has 29 heavy (non-hydrogen) atoms. The van der Waals surface area contributed by atoms with E-state index >= 15 is 0 Å². The van der Waals surface area contributed by atoms with Gasteiger partial charge in [-0.1, -0.05) is 42.4 Å². The molecule has 0 bridgehead atoms. The zero-order valence-corrected chi connectivity index (χ0v) is 17.1. The van der Waals surface area contributed by atoms with Crippen molar-refractivity contribution in [2.45, 2.75) is 32.4 Å². The second kappa shape index (κ2) is 9.52. The highest BCUT2D eigenvalue weighted by atomic mass is 35.5. The molecular weight excluding hydrogens is 390 g/mol. The van der Waals surface area contributed by atoms with Gasteiger partial charge in [-0.3, -0.25) is 9.59 Å². The van der Waals surface area contributed by atoms with Crippen LogP contribution in [0.4, 0.5) is 11.8 Å². The number of allylic oxidation sites excluding steroid dienone is 1. The van der Waals surface area contributed by atoms with Gasteiger partial charge in [-0.2, -0.15) is 4.98 Å². The molecule has 1 saturated heterocycles. The Labute approximate surface area is 175 Å². The average Bonchev–Trinajstić information content (AvgIpc) is 3.17. The van der Waals surface area contributed by atoms with Gasteiger partial charge in [-0.05, 0) is 23.6 Å². The zero-order valence-electron chi connectivity index (χ0n) is 16.3. The third-order valence-electron chi connectivity index (χ3n) is 4.77. The molecule has 1 fully saturated rings. The monoisotopic (exact) mass is 413 g/mol. The minimum atomic E-state index is -0.0140. The summed E-state index contributed by atoms with van der Waals surface area (Å²) in [6.45, 7) is 6.96. The molecule has 1 atom stereocenters. The number of nitrogens with one attached hydrogen (secondary N) is 2. The predicted octanol–water partition coefficient (Wildman–Crippen LogP) is 3.07. The van der Waals surface area contributed by atoms with Gasteiger partial charge in [0.05, 0.1) is 6.20 Å². The van der Waals surface area contributed by atoms with Crippen LogP contribution in [0.5, 0.6) is 0 Å². The number of ketones is 1. The first-order valence-electron chi connectivity index (χ1n) is 9.46. The molecule has 1 aliphatic rings. The van der Waals surface area contributed by atoms with Crippen LogP contribution in [0.25, 0.3) is 0 Å². The van der Waals surface area contributed by atoms with Crippen LogP contribution in [0.1, 0.15) is 24.5 Å². The molecule has 0 saturated carbocycles. The Balaban J connectivity index is 1.62. The van der Waals surface area contributed by atoms with Crippen LogP contribution < -0.4 is 10.6 Å². The van der Waals surface area contributed by atoms with E-state index in [0.29, 0.717) is 36.3 Å². The second-order valence-electron chi connectivity index (χ2n) is 7.01. The fraction of sp³-hybridized carbons (Fsp3) is 0.333. The number of carbonyl (C=O) groups excluding carboxylic acids is 2. The minimum absolute atomic E-state index is 0.0140. The highest BCUT2D eigenvalue weighted by molar-refractivity contribution is 6.32. The number of aromatic nitrogens is 2. The van der Waals surface area contributed by atoms with E-state index in [-0.39, 0.29) is 17.7 Å². The molecule has 1 amide bonds. The molecule has 1 aromatic carbocycles. The number of benzene rings is 1. The molecule has 3 rings (SSSR count). The molecule has 152 valence electrons. The lowest BCUT2D eigenvalue weighted by Crippen LogP contribution is -2.30. The van der Waals surface area contributed by atoms with Gasteiger partial charge in [-0.25, -0.2) is 4.98 Å². The number of nitrogens with zero attached hydrogens (tertiary/aromatic N) is 3. The lowest BCUT2D eigenvalue weighted by Gasteiger charge is -2.16. The van der Waals surface area contributed by atoms with Gasteiger partial charge < -0.3 is 15.5 Å². The molecule has 2 aromatic rings. The first kappa shape index (κ1) is 20.8. The summed E-state index contributed by atoms with van der Waals surface area (Å²) in [4.78, 5) is 33.5. The Bertz CT molecular complexity index is 918. The van der Waals surface area contributed by atoms with Crippen molar-refractivity contribution in [2.75, 3.05) is 23.7 Å². The number of halogens is 1. The van der Waals surface area contributed by atoms with E-state index in [4.69, 9.17) is 11.6 Å². The molecule has 0 spiro atoms. The summed E-state index contributed by atoms with van der Waals surface area (Å²) >= 11 is 6.24. The number of rotatable bonds is 8. The van der Waals surface area contributed by atoms with Gasteiger partial charge in [0.1, 0.15) is 5.02 Å².